The maximum absolute atomic E-state index is 12.6. The van der Waals surface area contributed by atoms with E-state index in [0.29, 0.717) is 28.7 Å². The number of carbonyl (C=O) groups is 2. The maximum atomic E-state index is 12.6. The Hall–Kier alpha value is -3.55. The Bertz CT molecular complexity index is 1250. The molecule has 0 saturated carbocycles. The van der Waals surface area contributed by atoms with E-state index in [0.717, 1.165) is 19.3 Å². The van der Waals surface area contributed by atoms with Crippen LogP contribution in [0.3, 0.4) is 0 Å². The first-order valence-electron chi connectivity index (χ1n) is 11.9. The zero-order valence-corrected chi connectivity index (χ0v) is 22.1. The number of carbonyl (C=O) groups excluding carboxylic acids is 2. The Balaban J connectivity index is 1.55. The van der Waals surface area contributed by atoms with Crippen LogP contribution in [0.15, 0.2) is 65.8 Å². The topological polar surface area (TPSA) is 86.2 Å². The quantitative estimate of drug-likeness (QED) is 0.122. The zero-order chi connectivity index (χ0) is 26.6. The van der Waals surface area contributed by atoms with Crippen molar-refractivity contribution in [3.63, 3.8) is 0 Å². The number of ether oxygens (including phenoxy) is 3. The van der Waals surface area contributed by atoms with Crippen LogP contribution in [-0.4, -0.2) is 31.3 Å². The SMILES string of the molecule is CCCCc1ccc(OCC(=O)N/N=C\c2ccc(OC(=O)c3ccc(Cl)cc3Cl)c(OCC)c2)cc1. The van der Waals surface area contributed by atoms with Gasteiger partial charge >= 0.3 is 5.97 Å². The molecule has 7 nitrogen and oxygen atoms in total. The van der Waals surface area contributed by atoms with Gasteiger partial charge < -0.3 is 14.2 Å². The smallest absolute Gasteiger partial charge is 0.345 e. The molecular weight excluding hydrogens is 515 g/mol. The number of halogens is 2. The fraction of sp³-hybridized carbons (Fsp3) is 0.250. The Labute approximate surface area is 226 Å². The lowest BCUT2D eigenvalue weighted by Gasteiger charge is -2.12. The zero-order valence-electron chi connectivity index (χ0n) is 20.6. The Morgan fingerprint density at radius 1 is 0.946 bits per heavy atom. The van der Waals surface area contributed by atoms with Crippen molar-refractivity contribution in [3.8, 4) is 17.2 Å². The van der Waals surface area contributed by atoms with Gasteiger partial charge in [0.2, 0.25) is 0 Å². The van der Waals surface area contributed by atoms with Crippen LogP contribution in [0.5, 0.6) is 17.2 Å². The summed E-state index contributed by atoms with van der Waals surface area (Å²) in [5.74, 6) is 0.120. The van der Waals surface area contributed by atoms with Gasteiger partial charge in [-0.15, -0.1) is 0 Å². The number of nitrogens with one attached hydrogen (secondary N) is 1. The molecule has 9 heteroatoms. The first kappa shape index (κ1) is 28.0. The minimum Gasteiger partial charge on any atom is -0.490 e. The van der Waals surface area contributed by atoms with Crippen molar-refractivity contribution in [1.29, 1.82) is 0 Å². The van der Waals surface area contributed by atoms with E-state index in [-0.39, 0.29) is 22.9 Å². The second kappa shape index (κ2) is 14.3. The number of nitrogens with zero attached hydrogens (tertiary/aromatic N) is 1. The highest BCUT2D eigenvalue weighted by molar-refractivity contribution is 6.36. The summed E-state index contributed by atoms with van der Waals surface area (Å²) in [5, 5.41) is 4.56. The second-order valence-electron chi connectivity index (χ2n) is 7.98. The predicted molar refractivity (Wildman–Crippen MR) is 145 cm³/mol. The van der Waals surface area contributed by atoms with Gasteiger partial charge in [0.25, 0.3) is 5.91 Å². The maximum Gasteiger partial charge on any atom is 0.345 e. The summed E-state index contributed by atoms with van der Waals surface area (Å²) in [6, 6.07) is 17.1. The number of hydrogen-bond donors (Lipinski definition) is 1. The Morgan fingerprint density at radius 2 is 1.73 bits per heavy atom. The lowest BCUT2D eigenvalue weighted by Crippen LogP contribution is -2.24. The molecule has 0 saturated heterocycles. The molecule has 0 fully saturated rings. The molecule has 1 amide bonds. The highest BCUT2D eigenvalue weighted by Crippen LogP contribution is 2.30. The van der Waals surface area contributed by atoms with Gasteiger partial charge in [0.05, 0.1) is 23.4 Å². The lowest BCUT2D eigenvalue weighted by molar-refractivity contribution is -0.123. The van der Waals surface area contributed by atoms with Crippen molar-refractivity contribution in [1.82, 2.24) is 5.43 Å². The number of amides is 1. The lowest BCUT2D eigenvalue weighted by atomic mass is 10.1. The fourth-order valence-electron chi connectivity index (χ4n) is 3.26. The van der Waals surface area contributed by atoms with Crippen LogP contribution in [0.1, 0.15) is 48.2 Å². The molecule has 194 valence electrons. The van der Waals surface area contributed by atoms with E-state index >= 15 is 0 Å². The molecule has 0 bridgehead atoms. The van der Waals surface area contributed by atoms with Crippen molar-refractivity contribution in [2.24, 2.45) is 5.10 Å². The molecule has 0 radical (unpaired) electrons. The van der Waals surface area contributed by atoms with Gasteiger partial charge in [-0.05, 0) is 79.4 Å². The van der Waals surface area contributed by atoms with Gasteiger partial charge in [0, 0.05) is 5.02 Å². The first-order chi connectivity index (χ1) is 17.9. The predicted octanol–water partition coefficient (Wildman–Crippen LogP) is 6.48. The van der Waals surface area contributed by atoms with Gasteiger partial charge in [-0.3, -0.25) is 4.79 Å². The first-order valence-corrected chi connectivity index (χ1v) is 12.6. The molecule has 0 unspecified atom stereocenters. The monoisotopic (exact) mass is 542 g/mol. The van der Waals surface area contributed by atoms with Crippen LogP contribution < -0.4 is 19.6 Å². The molecule has 3 aromatic rings. The Kier molecular flexibility index (Phi) is 10.8. The van der Waals surface area contributed by atoms with Gasteiger partial charge in [0.1, 0.15) is 5.75 Å². The molecule has 0 aromatic heterocycles. The average Bonchev–Trinajstić information content (AvgIpc) is 2.88. The van der Waals surface area contributed by atoms with Gasteiger partial charge in [0.15, 0.2) is 18.1 Å². The molecule has 3 aromatic carbocycles. The number of benzene rings is 3. The number of rotatable bonds is 12. The molecule has 0 aliphatic carbocycles. The van der Waals surface area contributed by atoms with Gasteiger partial charge in [-0.1, -0.05) is 48.7 Å². The van der Waals surface area contributed by atoms with E-state index < -0.39 is 11.9 Å². The number of hydrogen-bond acceptors (Lipinski definition) is 6. The number of unbranched alkanes of at least 4 members (excludes halogenated alkanes) is 1. The standard InChI is InChI=1S/C28H28Cl2N2O5/c1-3-5-6-19-7-11-22(12-8-19)36-18-27(33)32-31-17-20-9-14-25(26(15-20)35-4-2)37-28(34)23-13-10-21(29)16-24(23)30/h7-17H,3-6,18H2,1-2H3,(H,32,33)/b31-17-. The molecule has 0 heterocycles. The molecule has 0 aliphatic rings. The molecule has 0 atom stereocenters. The fourth-order valence-corrected chi connectivity index (χ4v) is 3.75. The average molecular weight is 543 g/mol. The van der Waals surface area contributed by atoms with Crippen LogP contribution in [0, 0.1) is 0 Å². The summed E-state index contributed by atoms with van der Waals surface area (Å²) < 4.78 is 16.6. The number of hydrazone groups is 1. The molecule has 0 aliphatic heterocycles. The summed E-state index contributed by atoms with van der Waals surface area (Å²) in [6.07, 6.45) is 4.75. The van der Waals surface area contributed by atoms with Crippen LogP contribution in [0.25, 0.3) is 0 Å². The Morgan fingerprint density at radius 3 is 2.43 bits per heavy atom. The van der Waals surface area contributed by atoms with E-state index in [1.54, 1.807) is 31.2 Å². The summed E-state index contributed by atoms with van der Waals surface area (Å²) in [7, 11) is 0. The van der Waals surface area contributed by atoms with E-state index in [1.165, 1.54) is 23.9 Å². The summed E-state index contributed by atoms with van der Waals surface area (Å²) >= 11 is 12.0. The molecule has 37 heavy (non-hydrogen) atoms. The van der Waals surface area contributed by atoms with Crippen molar-refractivity contribution in [2.75, 3.05) is 13.2 Å². The largest absolute Gasteiger partial charge is 0.490 e. The molecular formula is C28H28Cl2N2O5. The van der Waals surface area contributed by atoms with Gasteiger partial charge in [-0.2, -0.15) is 5.10 Å². The number of aryl methyl sites for hydroxylation is 1. The van der Waals surface area contributed by atoms with Crippen molar-refractivity contribution in [2.45, 2.75) is 33.1 Å². The number of esters is 1. The van der Waals surface area contributed by atoms with E-state index in [2.05, 4.69) is 17.5 Å². The summed E-state index contributed by atoms with van der Waals surface area (Å²) in [6.45, 7) is 4.14. The molecule has 3 rings (SSSR count). The minimum atomic E-state index is -0.646. The van der Waals surface area contributed by atoms with E-state index in [9.17, 15) is 9.59 Å². The highest BCUT2D eigenvalue weighted by Gasteiger charge is 2.16. The van der Waals surface area contributed by atoms with Gasteiger partial charge in [-0.25, -0.2) is 10.2 Å². The van der Waals surface area contributed by atoms with Crippen LogP contribution in [0.4, 0.5) is 0 Å². The van der Waals surface area contributed by atoms with Crippen molar-refractivity contribution in [3.05, 3.63) is 87.4 Å². The molecule has 0 spiro atoms. The second-order valence-corrected chi connectivity index (χ2v) is 8.83. The minimum absolute atomic E-state index is 0.169. The van der Waals surface area contributed by atoms with Crippen LogP contribution in [0.2, 0.25) is 10.0 Å². The van der Waals surface area contributed by atoms with E-state index in [1.807, 2.05) is 24.3 Å². The van der Waals surface area contributed by atoms with Crippen molar-refractivity contribution < 1.29 is 23.8 Å². The van der Waals surface area contributed by atoms with E-state index in [4.69, 9.17) is 37.4 Å². The summed E-state index contributed by atoms with van der Waals surface area (Å²) in [4.78, 5) is 24.7. The highest BCUT2D eigenvalue weighted by atomic mass is 35.5. The van der Waals surface area contributed by atoms with Crippen LogP contribution in [-0.2, 0) is 11.2 Å². The third-order valence-electron chi connectivity index (χ3n) is 5.14. The molecule has 1 N–H and O–H groups in total. The summed E-state index contributed by atoms with van der Waals surface area (Å²) in [5.41, 5.74) is 4.46. The third kappa shape index (κ3) is 8.81. The normalized spacial score (nSPS) is 10.8. The van der Waals surface area contributed by atoms with Crippen molar-refractivity contribution >= 4 is 41.3 Å². The third-order valence-corrected chi connectivity index (χ3v) is 5.68. The van der Waals surface area contributed by atoms with Crippen LogP contribution >= 0.6 is 23.2 Å².